The Hall–Kier alpha value is -2.13. The van der Waals surface area contributed by atoms with Crippen molar-refractivity contribution < 1.29 is 9.90 Å². The van der Waals surface area contributed by atoms with Crippen LogP contribution in [-0.2, 0) is 0 Å². The number of aliphatic hydroxyl groups is 1. The fourth-order valence-corrected chi connectivity index (χ4v) is 2.56. The number of carbonyl (C=O) groups is 1. The van der Waals surface area contributed by atoms with E-state index in [0.717, 1.165) is 17.5 Å². The Kier molecular flexibility index (Phi) is 5.73. The van der Waals surface area contributed by atoms with Crippen molar-refractivity contribution in [1.82, 2.24) is 5.32 Å². The van der Waals surface area contributed by atoms with Gasteiger partial charge in [-0.25, -0.2) is 0 Å². The topological polar surface area (TPSA) is 49.3 Å². The summed E-state index contributed by atoms with van der Waals surface area (Å²) in [5.41, 5.74) is 2.55. The molecule has 0 saturated heterocycles. The molecule has 0 heterocycles. The summed E-state index contributed by atoms with van der Waals surface area (Å²) in [6.07, 6.45) is 0.760. The summed E-state index contributed by atoms with van der Waals surface area (Å²) in [7, 11) is 0. The van der Waals surface area contributed by atoms with Crippen LogP contribution in [0.15, 0.2) is 54.6 Å². The van der Waals surface area contributed by atoms with Crippen LogP contribution in [0.1, 0.15) is 30.6 Å². The average molecular weight is 297 g/mol. The maximum absolute atomic E-state index is 12.6. The van der Waals surface area contributed by atoms with E-state index in [0.29, 0.717) is 11.5 Å². The largest absolute Gasteiger partial charge is 0.394 e. The molecule has 2 aromatic carbocycles. The highest BCUT2D eigenvalue weighted by Gasteiger charge is 2.17. The molecule has 116 valence electrons. The van der Waals surface area contributed by atoms with Gasteiger partial charge in [0.1, 0.15) is 0 Å². The van der Waals surface area contributed by atoms with Crippen molar-refractivity contribution in [3.63, 3.8) is 0 Å². The minimum atomic E-state index is -0.212. The SMILES string of the molecule is CC(C)CC(CO)NC(=O)c1ccccc1-c1ccccc1. The smallest absolute Gasteiger partial charge is 0.252 e. The Morgan fingerprint density at radius 1 is 1.05 bits per heavy atom. The van der Waals surface area contributed by atoms with Crippen molar-refractivity contribution in [3.8, 4) is 11.1 Å². The van der Waals surface area contributed by atoms with Crippen molar-refractivity contribution in [3.05, 3.63) is 60.2 Å². The van der Waals surface area contributed by atoms with E-state index in [4.69, 9.17) is 0 Å². The molecule has 0 aliphatic heterocycles. The number of hydrogen-bond donors (Lipinski definition) is 2. The van der Waals surface area contributed by atoms with Gasteiger partial charge in [-0.1, -0.05) is 62.4 Å². The molecule has 0 spiro atoms. The van der Waals surface area contributed by atoms with Crippen LogP contribution in [0.5, 0.6) is 0 Å². The van der Waals surface area contributed by atoms with Gasteiger partial charge in [0.25, 0.3) is 5.91 Å². The van der Waals surface area contributed by atoms with E-state index in [1.165, 1.54) is 0 Å². The van der Waals surface area contributed by atoms with E-state index < -0.39 is 0 Å². The Bertz CT molecular complexity index is 608. The molecular weight excluding hydrogens is 274 g/mol. The second-order valence-corrected chi connectivity index (χ2v) is 5.89. The number of aliphatic hydroxyl groups excluding tert-OH is 1. The normalized spacial score (nSPS) is 12.2. The van der Waals surface area contributed by atoms with Crippen molar-refractivity contribution >= 4 is 5.91 Å². The summed E-state index contributed by atoms with van der Waals surface area (Å²) in [5, 5.41) is 12.4. The highest BCUT2D eigenvalue weighted by atomic mass is 16.3. The lowest BCUT2D eigenvalue weighted by atomic mass is 9.98. The van der Waals surface area contributed by atoms with Crippen molar-refractivity contribution in [1.29, 1.82) is 0 Å². The second kappa shape index (κ2) is 7.76. The molecule has 0 fully saturated rings. The first kappa shape index (κ1) is 16.2. The van der Waals surface area contributed by atoms with Crippen LogP contribution in [0.2, 0.25) is 0 Å². The lowest BCUT2D eigenvalue weighted by Crippen LogP contribution is -2.38. The third-order valence-electron chi connectivity index (χ3n) is 3.57. The van der Waals surface area contributed by atoms with E-state index in [1.807, 2.05) is 54.6 Å². The predicted molar refractivity (Wildman–Crippen MR) is 89.7 cm³/mol. The first-order valence-electron chi connectivity index (χ1n) is 7.68. The molecule has 2 aromatic rings. The zero-order valence-electron chi connectivity index (χ0n) is 13.1. The molecule has 3 heteroatoms. The third kappa shape index (κ3) is 4.18. The van der Waals surface area contributed by atoms with Crippen LogP contribution < -0.4 is 5.32 Å². The van der Waals surface area contributed by atoms with Gasteiger partial charge < -0.3 is 10.4 Å². The molecule has 0 bridgehead atoms. The fraction of sp³-hybridized carbons (Fsp3) is 0.316. The molecule has 0 saturated carbocycles. The molecule has 1 amide bonds. The minimum absolute atomic E-state index is 0.0442. The Balaban J connectivity index is 2.23. The minimum Gasteiger partial charge on any atom is -0.394 e. The lowest BCUT2D eigenvalue weighted by molar-refractivity contribution is 0.0909. The Labute approximate surface area is 132 Å². The average Bonchev–Trinajstić information content (AvgIpc) is 2.54. The van der Waals surface area contributed by atoms with Gasteiger partial charge in [0.05, 0.1) is 12.6 Å². The molecular formula is C19H23NO2. The summed E-state index contributed by atoms with van der Waals surface area (Å²) in [6.45, 7) is 4.11. The number of nitrogens with one attached hydrogen (secondary N) is 1. The van der Waals surface area contributed by atoms with Crippen molar-refractivity contribution in [2.45, 2.75) is 26.3 Å². The van der Waals surface area contributed by atoms with Gasteiger partial charge in [-0.3, -0.25) is 4.79 Å². The lowest BCUT2D eigenvalue weighted by Gasteiger charge is -2.19. The first-order chi connectivity index (χ1) is 10.6. The van der Waals surface area contributed by atoms with Crippen molar-refractivity contribution in [2.24, 2.45) is 5.92 Å². The summed E-state index contributed by atoms with van der Waals surface area (Å²) in [5.74, 6) is 0.279. The van der Waals surface area contributed by atoms with Gasteiger partial charge in [-0.2, -0.15) is 0 Å². The van der Waals surface area contributed by atoms with Gasteiger partial charge in [-0.15, -0.1) is 0 Å². The van der Waals surface area contributed by atoms with Crippen LogP contribution in [0, 0.1) is 5.92 Å². The maximum Gasteiger partial charge on any atom is 0.252 e. The summed E-state index contributed by atoms with van der Waals surface area (Å²) >= 11 is 0. The molecule has 2 N–H and O–H groups in total. The van der Waals surface area contributed by atoms with Crippen LogP contribution in [-0.4, -0.2) is 23.7 Å². The maximum atomic E-state index is 12.6. The molecule has 0 radical (unpaired) electrons. The van der Waals surface area contributed by atoms with Gasteiger partial charge in [0, 0.05) is 5.56 Å². The number of rotatable bonds is 6. The van der Waals surface area contributed by atoms with Crippen molar-refractivity contribution in [2.75, 3.05) is 6.61 Å². The number of benzene rings is 2. The van der Waals surface area contributed by atoms with E-state index in [-0.39, 0.29) is 18.6 Å². The van der Waals surface area contributed by atoms with Gasteiger partial charge in [-0.05, 0) is 29.5 Å². The Morgan fingerprint density at radius 3 is 2.32 bits per heavy atom. The fourth-order valence-electron chi connectivity index (χ4n) is 2.56. The van der Waals surface area contributed by atoms with Gasteiger partial charge in [0.15, 0.2) is 0 Å². The molecule has 1 unspecified atom stereocenters. The predicted octanol–water partition coefficient (Wildman–Crippen LogP) is 3.49. The number of amides is 1. The first-order valence-corrected chi connectivity index (χ1v) is 7.68. The van der Waals surface area contributed by atoms with E-state index in [1.54, 1.807) is 0 Å². The molecule has 2 rings (SSSR count). The highest BCUT2D eigenvalue weighted by Crippen LogP contribution is 2.23. The second-order valence-electron chi connectivity index (χ2n) is 5.89. The zero-order valence-corrected chi connectivity index (χ0v) is 13.1. The number of hydrogen-bond acceptors (Lipinski definition) is 2. The Morgan fingerprint density at radius 2 is 1.68 bits per heavy atom. The third-order valence-corrected chi connectivity index (χ3v) is 3.57. The molecule has 3 nitrogen and oxygen atoms in total. The number of carbonyl (C=O) groups excluding carboxylic acids is 1. The zero-order chi connectivity index (χ0) is 15.9. The standard InChI is InChI=1S/C19H23NO2/c1-14(2)12-16(13-21)20-19(22)18-11-7-6-10-17(18)15-8-4-3-5-9-15/h3-11,14,16,21H,12-13H2,1-2H3,(H,20,22). The van der Waals surface area contributed by atoms with E-state index in [9.17, 15) is 9.90 Å². The van der Waals surface area contributed by atoms with Crippen LogP contribution in [0.25, 0.3) is 11.1 Å². The van der Waals surface area contributed by atoms with Gasteiger partial charge in [0.2, 0.25) is 0 Å². The molecule has 22 heavy (non-hydrogen) atoms. The summed E-state index contributed by atoms with van der Waals surface area (Å²) in [4.78, 5) is 12.6. The molecule has 1 atom stereocenters. The summed E-state index contributed by atoms with van der Waals surface area (Å²) < 4.78 is 0. The van der Waals surface area contributed by atoms with Crippen LogP contribution in [0.3, 0.4) is 0 Å². The molecule has 0 aliphatic rings. The summed E-state index contributed by atoms with van der Waals surface area (Å²) in [6, 6.07) is 17.2. The quantitative estimate of drug-likeness (QED) is 0.857. The van der Waals surface area contributed by atoms with E-state index >= 15 is 0 Å². The monoisotopic (exact) mass is 297 g/mol. The molecule has 0 aromatic heterocycles. The van der Waals surface area contributed by atoms with E-state index in [2.05, 4.69) is 19.2 Å². The van der Waals surface area contributed by atoms with Crippen LogP contribution >= 0.6 is 0 Å². The highest BCUT2D eigenvalue weighted by molar-refractivity contribution is 6.01. The van der Waals surface area contributed by atoms with Crippen LogP contribution in [0.4, 0.5) is 0 Å². The van der Waals surface area contributed by atoms with Gasteiger partial charge >= 0.3 is 0 Å². The molecule has 0 aliphatic carbocycles.